The molecule has 1 unspecified atom stereocenters. The van der Waals surface area contributed by atoms with Gasteiger partial charge in [0, 0.05) is 24.4 Å². The van der Waals surface area contributed by atoms with Gasteiger partial charge in [-0.3, -0.25) is 14.6 Å². The SMILES string of the molecule is O=C(Nc1cnc2ccccc2c1)C1CC(=O)N(C2CCCCC2)C1. The second-order valence-corrected chi connectivity index (χ2v) is 7.14. The number of carbonyl (C=O) groups excluding carboxylic acids is 2. The fraction of sp³-hybridized carbons (Fsp3) is 0.450. The molecule has 1 aliphatic carbocycles. The summed E-state index contributed by atoms with van der Waals surface area (Å²) in [6.07, 6.45) is 7.79. The molecule has 1 aromatic heterocycles. The van der Waals surface area contributed by atoms with Crippen LogP contribution in [0.2, 0.25) is 0 Å². The van der Waals surface area contributed by atoms with E-state index in [0.717, 1.165) is 23.7 Å². The van der Waals surface area contributed by atoms with Gasteiger partial charge in [-0.2, -0.15) is 0 Å². The number of fused-ring (bicyclic) bond motifs is 1. The summed E-state index contributed by atoms with van der Waals surface area (Å²) in [4.78, 5) is 31.3. The van der Waals surface area contributed by atoms with Crippen LogP contribution >= 0.6 is 0 Å². The summed E-state index contributed by atoms with van der Waals surface area (Å²) in [5.74, 6) is -0.215. The van der Waals surface area contributed by atoms with Crippen LogP contribution in [0, 0.1) is 5.92 Å². The van der Waals surface area contributed by atoms with Gasteiger partial charge in [-0.15, -0.1) is 0 Å². The zero-order valence-corrected chi connectivity index (χ0v) is 14.3. The van der Waals surface area contributed by atoms with Crippen LogP contribution in [0.25, 0.3) is 10.9 Å². The molecule has 2 aliphatic rings. The lowest BCUT2D eigenvalue weighted by Gasteiger charge is -2.31. The van der Waals surface area contributed by atoms with Gasteiger partial charge in [0.25, 0.3) is 0 Å². The molecule has 1 atom stereocenters. The van der Waals surface area contributed by atoms with Crippen molar-refractivity contribution in [1.82, 2.24) is 9.88 Å². The van der Waals surface area contributed by atoms with Gasteiger partial charge in [0.1, 0.15) is 0 Å². The fourth-order valence-corrected chi connectivity index (χ4v) is 4.04. The second kappa shape index (κ2) is 6.82. The summed E-state index contributed by atoms with van der Waals surface area (Å²) < 4.78 is 0. The quantitative estimate of drug-likeness (QED) is 0.934. The van der Waals surface area contributed by atoms with Crippen molar-refractivity contribution in [2.75, 3.05) is 11.9 Å². The highest BCUT2D eigenvalue weighted by atomic mass is 16.2. The van der Waals surface area contributed by atoms with Crippen molar-refractivity contribution in [2.24, 2.45) is 5.92 Å². The number of nitrogens with zero attached hydrogens (tertiary/aromatic N) is 2. The number of benzene rings is 1. The first-order valence-electron chi connectivity index (χ1n) is 9.16. The highest BCUT2D eigenvalue weighted by Crippen LogP contribution is 2.29. The molecule has 2 amide bonds. The van der Waals surface area contributed by atoms with Gasteiger partial charge < -0.3 is 10.2 Å². The molecule has 5 heteroatoms. The van der Waals surface area contributed by atoms with Gasteiger partial charge in [-0.25, -0.2) is 0 Å². The molecule has 0 radical (unpaired) electrons. The van der Waals surface area contributed by atoms with E-state index < -0.39 is 0 Å². The number of rotatable bonds is 3. The lowest BCUT2D eigenvalue weighted by Crippen LogP contribution is -2.38. The Morgan fingerprint density at radius 1 is 1.16 bits per heavy atom. The Labute approximate surface area is 147 Å². The number of para-hydroxylation sites is 1. The minimum Gasteiger partial charge on any atom is -0.339 e. The second-order valence-electron chi connectivity index (χ2n) is 7.14. The van der Waals surface area contributed by atoms with E-state index in [4.69, 9.17) is 0 Å². The van der Waals surface area contributed by atoms with Crippen LogP contribution < -0.4 is 5.32 Å². The molecular weight excluding hydrogens is 314 g/mol. The predicted octanol–water partition coefficient (Wildman–Crippen LogP) is 3.35. The van der Waals surface area contributed by atoms with Crippen molar-refractivity contribution in [3.63, 3.8) is 0 Å². The maximum atomic E-state index is 12.6. The van der Waals surface area contributed by atoms with E-state index in [9.17, 15) is 9.59 Å². The molecule has 2 heterocycles. The van der Waals surface area contributed by atoms with Crippen LogP contribution in [0.3, 0.4) is 0 Å². The normalized spacial score (nSPS) is 21.7. The third-order valence-electron chi connectivity index (χ3n) is 5.40. The molecule has 25 heavy (non-hydrogen) atoms. The molecule has 1 saturated heterocycles. The summed E-state index contributed by atoms with van der Waals surface area (Å²) in [7, 11) is 0. The van der Waals surface area contributed by atoms with E-state index in [1.165, 1.54) is 19.3 Å². The maximum absolute atomic E-state index is 12.6. The smallest absolute Gasteiger partial charge is 0.229 e. The minimum atomic E-state index is -0.263. The van der Waals surface area contributed by atoms with Crippen LogP contribution in [0.15, 0.2) is 36.5 Å². The van der Waals surface area contributed by atoms with Crippen LogP contribution in [0.4, 0.5) is 5.69 Å². The van der Waals surface area contributed by atoms with Crippen molar-refractivity contribution in [1.29, 1.82) is 0 Å². The zero-order chi connectivity index (χ0) is 17.2. The molecule has 1 aromatic carbocycles. The van der Waals surface area contributed by atoms with Gasteiger partial charge in [0.05, 0.1) is 23.3 Å². The number of hydrogen-bond acceptors (Lipinski definition) is 3. The summed E-state index contributed by atoms with van der Waals surface area (Å²) in [5.41, 5.74) is 1.59. The Kier molecular flexibility index (Phi) is 4.38. The Balaban J connectivity index is 1.43. The third kappa shape index (κ3) is 3.36. The lowest BCUT2D eigenvalue weighted by molar-refractivity contribution is -0.130. The molecule has 0 bridgehead atoms. The van der Waals surface area contributed by atoms with Gasteiger partial charge in [0.2, 0.25) is 11.8 Å². The number of amides is 2. The van der Waals surface area contributed by atoms with E-state index in [-0.39, 0.29) is 17.7 Å². The largest absolute Gasteiger partial charge is 0.339 e. The zero-order valence-electron chi connectivity index (χ0n) is 14.3. The number of likely N-dealkylation sites (tertiary alicyclic amines) is 1. The van der Waals surface area contributed by atoms with Crippen molar-refractivity contribution >= 4 is 28.4 Å². The molecule has 1 saturated carbocycles. The Bertz CT molecular complexity index is 798. The monoisotopic (exact) mass is 337 g/mol. The van der Waals surface area contributed by atoms with Crippen molar-refractivity contribution in [3.8, 4) is 0 Å². The Morgan fingerprint density at radius 2 is 1.96 bits per heavy atom. The summed E-state index contributed by atoms with van der Waals surface area (Å²) in [6.45, 7) is 0.552. The number of carbonyl (C=O) groups is 2. The van der Waals surface area contributed by atoms with Crippen LogP contribution in [0.5, 0.6) is 0 Å². The highest BCUT2D eigenvalue weighted by molar-refractivity contribution is 5.98. The standard InChI is InChI=1S/C20H23N3O2/c24-19-11-15(13-23(19)17-7-2-1-3-8-17)20(25)22-16-10-14-6-4-5-9-18(14)21-12-16/h4-6,9-10,12,15,17H,1-3,7-8,11,13H2,(H,22,25). The number of nitrogens with one attached hydrogen (secondary N) is 1. The molecule has 2 aromatic rings. The van der Waals surface area contributed by atoms with E-state index in [1.54, 1.807) is 6.20 Å². The van der Waals surface area contributed by atoms with E-state index in [0.29, 0.717) is 24.7 Å². The van der Waals surface area contributed by atoms with Crippen LogP contribution in [-0.2, 0) is 9.59 Å². The van der Waals surface area contributed by atoms with Crippen molar-refractivity contribution < 1.29 is 9.59 Å². The van der Waals surface area contributed by atoms with Gasteiger partial charge in [-0.1, -0.05) is 37.5 Å². The van der Waals surface area contributed by atoms with Crippen LogP contribution in [-0.4, -0.2) is 34.3 Å². The topological polar surface area (TPSA) is 62.3 Å². The highest BCUT2D eigenvalue weighted by Gasteiger charge is 2.38. The van der Waals surface area contributed by atoms with Crippen LogP contribution in [0.1, 0.15) is 38.5 Å². The van der Waals surface area contributed by atoms with Crippen molar-refractivity contribution in [2.45, 2.75) is 44.6 Å². The summed E-state index contributed by atoms with van der Waals surface area (Å²) in [6, 6.07) is 10.1. The minimum absolute atomic E-state index is 0.0799. The van der Waals surface area contributed by atoms with Crippen molar-refractivity contribution in [3.05, 3.63) is 36.5 Å². The first-order valence-corrected chi connectivity index (χ1v) is 9.16. The maximum Gasteiger partial charge on any atom is 0.229 e. The third-order valence-corrected chi connectivity index (χ3v) is 5.40. The number of anilines is 1. The first-order chi connectivity index (χ1) is 12.2. The average molecular weight is 337 g/mol. The predicted molar refractivity (Wildman–Crippen MR) is 97.1 cm³/mol. The van der Waals surface area contributed by atoms with Gasteiger partial charge in [0.15, 0.2) is 0 Å². The Hall–Kier alpha value is -2.43. The molecule has 4 rings (SSSR count). The molecule has 1 aliphatic heterocycles. The molecular formula is C20H23N3O2. The first kappa shape index (κ1) is 16.1. The number of aromatic nitrogens is 1. The fourth-order valence-electron chi connectivity index (χ4n) is 4.04. The summed E-state index contributed by atoms with van der Waals surface area (Å²) >= 11 is 0. The van der Waals surface area contributed by atoms with E-state index in [2.05, 4.69) is 10.3 Å². The Morgan fingerprint density at radius 3 is 2.80 bits per heavy atom. The van der Waals surface area contributed by atoms with Gasteiger partial charge in [-0.05, 0) is 25.0 Å². The molecule has 1 N–H and O–H groups in total. The lowest BCUT2D eigenvalue weighted by atomic mass is 9.94. The molecule has 130 valence electrons. The molecule has 0 spiro atoms. The molecule has 2 fully saturated rings. The van der Waals surface area contributed by atoms with Gasteiger partial charge >= 0.3 is 0 Å². The van der Waals surface area contributed by atoms with E-state index >= 15 is 0 Å². The average Bonchev–Trinajstić information content (AvgIpc) is 3.04. The number of hydrogen-bond donors (Lipinski definition) is 1. The van der Waals surface area contributed by atoms with E-state index in [1.807, 2.05) is 35.2 Å². The number of pyridine rings is 1. The summed E-state index contributed by atoms with van der Waals surface area (Å²) in [5, 5.41) is 3.93. The molecule has 5 nitrogen and oxygen atoms in total.